The lowest BCUT2D eigenvalue weighted by Gasteiger charge is -2.12. The molecule has 1 aliphatic rings. The van der Waals surface area contributed by atoms with E-state index >= 15 is 0 Å². The lowest BCUT2D eigenvalue weighted by Crippen LogP contribution is -3.00. The molecule has 0 spiro atoms. The molecule has 4 nitrogen and oxygen atoms in total. The van der Waals surface area contributed by atoms with Crippen LogP contribution in [0.25, 0.3) is 0 Å². The first-order valence-electron chi connectivity index (χ1n) is 3.95. The molecule has 1 rings (SSSR count). The molecule has 1 aliphatic heterocycles. The highest BCUT2D eigenvalue weighted by molar-refractivity contribution is 8.17. The molecule has 0 amide bonds. The van der Waals surface area contributed by atoms with E-state index in [-0.39, 0.29) is 22.1 Å². The Labute approximate surface area is 103 Å². The first kappa shape index (κ1) is 14.1. The van der Waals surface area contributed by atoms with Crippen LogP contribution in [0.2, 0.25) is 0 Å². The van der Waals surface area contributed by atoms with Crippen LogP contribution < -0.4 is 22.7 Å². The molecule has 1 heterocycles. The Morgan fingerprint density at radius 3 is 2.86 bits per heavy atom. The first-order valence-corrected chi connectivity index (χ1v) is 5.81. The smallest absolute Gasteiger partial charge is 0.159 e. The number of aliphatic imine (C=N–C) groups is 1. The minimum absolute atomic E-state index is 0. The third kappa shape index (κ3) is 4.56. The van der Waals surface area contributed by atoms with Crippen molar-refractivity contribution in [2.75, 3.05) is 26.4 Å². The second-order valence-electron chi connectivity index (χ2n) is 2.93. The molecular formula is C7H14BrN4S2-. The number of hydrogen-bond donors (Lipinski definition) is 2. The topological polar surface area (TPSA) is 65.5 Å². The van der Waals surface area contributed by atoms with Gasteiger partial charge in [0.05, 0.1) is 6.54 Å². The van der Waals surface area contributed by atoms with Gasteiger partial charge in [-0.25, -0.2) is 0 Å². The molecule has 0 aliphatic carbocycles. The average Bonchev–Trinajstić information content (AvgIpc) is 2.48. The van der Waals surface area contributed by atoms with Crippen molar-refractivity contribution in [1.82, 2.24) is 4.90 Å². The summed E-state index contributed by atoms with van der Waals surface area (Å²) in [5, 5.41) is 8.83. The lowest BCUT2D eigenvalue weighted by molar-refractivity contribution is -0.00000300. The molecule has 82 valence electrons. The van der Waals surface area contributed by atoms with Gasteiger partial charge in [-0.05, 0) is 0 Å². The fraction of sp³-hybridized carbons (Fsp3) is 0.714. The van der Waals surface area contributed by atoms with Gasteiger partial charge in [0.1, 0.15) is 0 Å². The van der Waals surface area contributed by atoms with Crippen LogP contribution in [-0.2, 0) is 0 Å². The van der Waals surface area contributed by atoms with Crippen molar-refractivity contribution in [2.24, 2.45) is 10.7 Å². The molecular weight excluding hydrogens is 284 g/mol. The van der Waals surface area contributed by atoms with E-state index in [1.807, 2.05) is 19.0 Å². The van der Waals surface area contributed by atoms with Crippen LogP contribution in [0, 0.1) is 5.41 Å². The maximum Gasteiger partial charge on any atom is 0.159 e. The number of amidine groups is 2. The maximum absolute atomic E-state index is 7.08. The van der Waals surface area contributed by atoms with Gasteiger partial charge in [-0.3, -0.25) is 10.4 Å². The van der Waals surface area contributed by atoms with Crippen LogP contribution in [0.4, 0.5) is 0 Å². The maximum atomic E-state index is 7.08. The van der Waals surface area contributed by atoms with Gasteiger partial charge in [-0.2, -0.15) is 0 Å². The van der Waals surface area contributed by atoms with Gasteiger partial charge in [-0.15, -0.1) is 0 Å². The number of rotatable bonds is 2. The number of thioether (sulfide) groups is 2. The summed E-state index contributed by atoms with van der Waals surface area (Å²) in [6.07, 6.45) is 0. The van der Waals surface area contributed by atoms with E-state index in [9.17, 15) is 0 Å². The molecule has 1 atom stereocenters. The quantitative estimate of drug-likeness (QED) is 0.443. The number of nitrogens with two attached hydrogens (primary N) is 1. The van der Waals surface area contributed by atoms with E-state index in [2.05, 4.69) is 4.99 Å². The molecule has 0 radical (unpaired) electrons. The van der Waals surface area contributed by atoms with Crippen molar-refractivity contribution in [1.29, 1.82) is 5.41 Å². The fourth-order valence-corrected chi connectivity index (χ4v) is 2.67. The summed E-state index contributed by atoms with van der Waals surface area (Å²) < 4.78 is 0. The van der Waals surface area contributed by atoms with Gasteiger partial charge in [0, 0.05) is 25.1 Å². The normalized spacial score (nSPS) is 19.9. The zero-order chi connectivity index (χ0) is 9.84. The van der Waals surface area contributed by atoms with Gasteiger partial charge >= 0.3 is 0 Å². The summed E-state index contributed by atoms with van der Waals surface area (Å²) in [7, 11) is 3.98. The van der Waals surface area contributed by atoms with Crippen LogP contribution in [0.5, 0.6) is 0 Å². The molecule has 0 saturated heterocycles. The Hall–Kier alpha value is 0.120. The molecule has 0 aromatic rings. The second kappa shape index (κ2) is 6.58. The highest BCUT2D eigenvalue weighted by Gasteiger charge is 2.20. The largest absolute Gasteiger partial charge is 1.00 e. The zero-order valence-electron chi connectivity index (χ0n) is 8.16. The van der Waals surface area contributed by atoms with Crippen molar-refractivity contribution < 1.29 is 17.0 Å². The van der Waals surface area contributed by atoms with Crippen molar-refractivity contribution >= 4 is 33.9 Å². The monoisotopic (exact) mass is 297 g/mol. The fourth-order valence-electron chi connectivity index (χ4n) is 0.920. The second-order valence-corrected chi connectivity index (χ2v) is 5.26. The Morgan fingerprint density at radius 1 is 1.79 bits per heavy atom. The lowest BCUT2D eigenvalue weighted by atomic mass is 10.5. The molecule has 0 aromatic heterocycles. The number of hydrogen-bond acceptors (Lipinski definition) is 5. The van der Waals surface area contributed by atoms with E-state index in [4.69, 9.17) is 11.1 Å². The van der Waals surface area contributed by atoms with E-state index in [1.54, 1.807) is 11.8 Å². The number of halogens is 1. The molecule has 0 saturated carbocycles. The van der Waals surface area contributed by atoms with E-state index in [1.165, 1.54) is 11.8 Å². The third-order valence-electron chi connectivity index (χ3n) is 1.51. The summed E-state index contributed by atoms with van der Waals surface area (Å²) >= 11 is 3.15. The molecule has 0 aromatic carbocycles. The Bertz CT molecular complexity index is 232. The van der Waals surface area contributed by atoms with Crippen molar-refractivity contribution in [2.45, 2.75) is 5.25 Å². The van der Waals surface area contributed by atoms with Gasteiger partial charge < -0.3 is 27.6 Å². The number of nitrogens with one attached hydrogen (secondary N) is 1. The summed E-state index contributed by atoms with van der Waals surface area (Å²) in [4.78, 5) is 6.39. The van der Waals surface area contributed by atoms with Crippen LogP contribution in [0.3, 0.4) is 0 Å². The standard InChI is InChI=1S/C7H14N4S2.BrH/c1-11(2)7-10-3-5(13-7)4-12-6(8)9;/h5H,3-4H2,1-2H3,(H3,8,9);1H/p-1. The third-order valence-corrected chi connectivity index (χ3v) is 3.95. The van der Waals surface area contributed by atoms with Gasteiger partial charge in [0.25, 0.3) is 0 Å². The Morgan fingerprint density at radius 2 is 2.43 bits per heavy atom. The molecule has 0 fully saturated rings. The summed E-state index contributed by atoms with van der Waals surface area (Å²) in [5.74, 6) is 0.876. The first-order chi connectivity index (χ1) is 6.09. The highest BCUT2D eigenvalue weighted by Crippen LogP contribution is 2.24. The predicted molar refractivity (Wildman–Crippen MR) is 61.7 cm³/mol. The average molecular weight is 298 g/mol. The minimum Gasteiger partial charge on any atom is -1.00 e. The molecule has 0 bridgehead atoms. The minimum atomic E-state index is 0. The molecule has 14 heavy (non-hydrogen) atoms. The summed E-state index contributed by atoms with van der Waals surface area (Å²) in [6.45, 7) is 0.846. The summed E-state index contributed by atoms with van der Waals surface area (Å²) in [5.41, 5.74) is 5.25. The zero-order valence-corrected chi connectivity index (χ0v) is 11.4. The predicted octanol–water partition coefficient (Wildman–Crippen LogP) is -2.35. The van der Waals surface area contributed by atoms with Gasteiger partial charge in [0.2, 0.25) is 0 Å². The van der Waals surface area contributed by atoms with Crippen molar-refractivity contribution in [3.63, 3.8) is 0 Å². The van der Waals surface area contributed by atoms with Gasteiger partial charge in [-0.1, -0.05) is 23.5 Å². The summed E-state index contributed by atoms with van der Waals surface area (Å²) in [6, 6.07) is 0. The number of nitrogens with zero attached hydrogens (tertiary/aromatic N) is 2. The van der Waals surface area contributed by atoms with Crippen LogP contribution in [0.1, 0.15) is 0 Å². The van der Waals surface area contributed by atoms with Crippen LogP contribution >= 0.6 is 23.5 Å². The van der Waals surface area contributed by atoms with E-state index in [0.29, 0.717) is 5.25 Å². The SMILES string of the molecule is CN(C)C1=NCC(CSC(=N)N)S1.[Br-]. The van der Waals surface area contributed by atoms with E-state index < -0.39 is 0 Å². The van der Waals surface area contributed by atoms with Crippen LogP contribution in [-0.4, -0.2) is 46.9 Å². The van der Waals surface area contributed by atoms with E-state index in [0.717, 1.165) is 17.5 Å². The molecule has 3 N–H and O–H groups in total. The van der Waals surface area contributed by atoms with Crippen molar-refractivity contribution in [3.05, 3.63) is 0 Å². The molecule has 1 unspecified atom stereocenters. The Kier molecular flexibility index (Phi) is 6.63. The molecule has 7 heteroatoms. The van der Waals surface area contributed by atoms with Crippen molar-refractivity contribution in [3.8, 4) is 0 Å². The highest BCUT2D eigenvalue weighted by atomic mass is 79.9. The Balaban J connectivity index is 0.00000169. The van der Waals surface area contributed by atoms with Gasteiger partial charge in [0.15, 0.2) is 10.3 Å². The van der Waals surface area contributed by atoms with Crippen LogP contribution in [0.15, 0.2) is 4.99 Å².